The third-order valence-electron chi connectivity index (χ3n) is 7.35. The zero-order valence-electron chi connectivity index (χ0n) is 15.9. The van der Waals surface area contributed by atoms with Gasteiger partial charge >= 0.3 is 0 Å². The lowest BCUT2D eigenvalue weighted by molar-refractivity contribution is 0.00608. The van der Waals surface area contributed by atoms with Crippen LogP contribution in [0.4, 0.5) is 0 Å². The van der Waals surface area contributed by atoms with Crippen molar-refractivity contribution in [3.63, 3.8) is 0 Å². The van der Waals surface area contributed by atoms with E-state index in [1.54, 1.807) is 11.1 Å². The Morgan fingerprint density at radius 2 is 1.58 bits per heavy atom. The Kier molecular flexibility index (Phi) is 4.78. The number of fused-ring (bicyclic) bond motifs is 2. The van der Waals surface area contributed by atoms with E-state index in [0.29, 0.717) is 11.5 Å². The van der Waals surface area contributed by atoms with Crippen LogP contribution >= 0.6 is 0 Å². The molecule has 0 amide bonds. The van der Waals surface area contributed by atoms with Gasteiger partial charge in [-0.2, -0.15) is 0 Å². The van der Waals surface area contributed by atoms with Gasteiger partial charge in [-0.15, -0.1) is 0 Å². The summed E-state index contributed by atoms with van der Waals surface area (Å²) in [6.07, 6.45) is 6.23. The fourth-order valence-corrected chi connectivity index (χ4v) is 5.79. The van der Waals surface area contributed by atoms with E-state index in [1.807, 2.05) is 0 Å². The highest BCUT2D eigenvalue weighted by molar-refractivity contribution is 5.38. The topological polar surface area (TPSA) is 24.9 Å². The number of rotatable bonds is 2. The molecule has 1 aromatic rings. The molecule has 3 saturated heterocycles. The monoisotopic (exact) mass is 356 g/mol. The first kappa shape index (κ1) is 17.2. The zero-order chi connectivity index (χ0) is 17.4. The normalized spacial score (nSPS) is 30.5. The molecule has 3 fully saturated rings. The molecule has 4 heteroatoms. The second kappa shape index (κ2) is 7.23. The molecule has 0 bridgehead atoms. The molecule has 1 atom stereocenters. The SMILES string of the molecule is c1ccc2c(c1)CN([C@@H]1CCOC1)CC21CCN(C2CCOCC2)CC1. The van der Waals surface area contributed by atoms with Crippen molar-refractivity contribution >= 4 is 0 Å². The fourth-order valence-electron chi connectivity index (χ4n) is 5.79. The van der Waals surface area contributed by atoms with Gasteiger partial charge in [0.1, 0.15) is 0 Å². The van der Waals surface area contributed by atoms with Crippen molar-refractivity contribution in [3.8, 4) is 0 Å². The second-order valence-corrected chi connectivity index (χ2v) is 8.74. The van der Waals surface area contributed by atoms with Gasteiger partial charge in [0.05, 0.1) is 6.61 Å². The summed E-state index contributed by atoms with van der Waals surface area (Å²) >= 11 is 0. The van der Waals surface area contributed by atoms with Gasteiger partial charge < -0.3 is 14.4 Å². The standard InChI is InChI=1S/C22H32N2O2/c1-2-4-21-18(3-1)15-24(20-7-14-26-16-20)17-22(21)8-10-23(11-9-22)19-5-12-25-13-6-19/h1-4,19-20H,5-17H2/t20-/m1/s1. The van der Waals surface area contributed by atoms with Crippen molar-refractivity contribution in [1.29, 1.82) is 0 Å². The predicted octanol–water partition coefficient (Wildman–Crippen LogP) is 2.80. The molecule has 4 nitrogen and oxygen atoms in total. The van der Waals surface area contributed by atoms with Crippen molar-refractivity contribution < 1.29 is 9.47 Å². The summed E-state index contributed by atoms with van der Waals surface area (Å²) in [6, 6.07) is 10.6. The Labute approximate surface area is 157 Å². The number of hydrogen-bond donors (Lipinski definition) is 0. The number of nitrogens with zero attached hydrogens (tertiary/aromatic N) is 2. The van der Waals surface area contributed by atoms with Crippen LogP contribution in [-0.2, 0) is 21.4 Å². The van der Waals surface area contributed by atoms with Gasteiger partial charge in [-0.1, -0.05) is 24.3 Å². The predicted molar refractivity (Wildman–Crippen MR) is 102 cm³/mol. The Hall–Kier alpha value is -0.940. The van der Waals surface area contributed by atoms with Gasteiger partial charge in [0, 0.05) is 50.4 Å². The van der Waals surface area contributed by atoms with Crippen LogP contribution in [0.5, 0.6) is 0 Å². The Morgan fingerprint density at radius 3 is 2.35 bits per heavy atom. The molecule has 0 radical (unpaired) electrons. The summed E-state index contributed by atoms with van der Waals surface area (Å²) in [5.74, 6) is 0. The van der Waals surface area contributed by atoms with Crippen LogP contribution in [0, 0.1) is 0 Å². The lowest BCUT2D eigenvalue weighted by Crippen LogP contribution is -2.56. The summed E-state index contributed by atoms with van der Waals surface area (Å²) in [5.41, 5.74) is 3.55. The summed E-state index contributed by atoms with van der Waals surface area (Å²) in [4.78, 5) is 5.49. The van der Waals surface area contributed by atoms with Gasteiger partial charge in [-0.05, 0) is 56.3 Å². The molecular weight excluding hydrogens is 324 g/mol. The van der Waals surface area contributed by atoms with Crippen molar-refractivity contribution in [2.75, 3.05) is 46.1 Å². The minimum atomic E-state index is 0.346. The van der Waals surface area contributed by atoms with Crippen LogP contribution < -0.4 is 0 Å². The van der Waals surface area contributed by atoms with Gasteiger partial charge in [-0.3, -0.25) is 4.90 Å². The van der Waals surface area contributed by atoms with E-state index in [1.165, 1.54) is 51.7 Å². The second-order valence-electron chi connectivity index (χ2n) is 8.74. The van der Waals surface area contributed by atoms with Crippen LogP contribution in [0.25, 0.3) is 0 Å². The molecule has 5 rings (SSSR count). The average Bonchev–Trinajstić information content (AvgIpc) is 3.24. The summed E-state index contributed by atoms with van der Waals surface area (Å²) in [7, 11) is 0. The van der Waals surface area contributed by atoms with Gasteiger partial charge in [0.15, 0.2) is 0 Å². The molecule has 26 heavy (non-hydrogen) atoms. The molecule has 4 aliphatic heterocycles. The fraction of sp³-hybridized carbons (Fsp3) is 0.727. The number of benzene rings is 1. The molecule has 142 valence electrons. The highest BCUT2D eigenvalue weighted by Gasteiger charge is 2.44. The average molecular weight is 357 g/mol. The third kappa shape index (κ3) is 3.11. The van der Waals surface area contributed by atoms with E-state index in [2.05, 4.69) is 34.1 Å². The lowest BCUT2D eigenvalue weighted by Gasteiger charge is -2.51. The minimum absolute atomic E-state index is 0.346. The van der Waals surface area contributed by atoms with Gasteiger partial charge in [0.25, 0.3) is 0 Å². The van der Waals surface area contributed by atoms with Crippen LogP contribution in [0.2, 0.25) is 0 Å². The maximum Gasteiger partial charge on any atom is 0.0622 e. The smallest absolute Gasteiger partial charge is 0.0622 e. The largest absolute Gasteiger partial charge is 0.381 e. The minimum Gasteiger partial charge on any atom is -0.381 e. The van der Waals surface area contributed by atoms with Crippen LogP contribution in [0.15, 0.2) is 24.3 Å². The highest BCUT2D eigenvalue weighted by Crippen LogP contribution is 2.43. The molecule has 4 aliphatic rings. The van der Waals surface area contributed by atoms with Crippen LogP contribution in [-0.4, -0.2) is 67.9 Å². The van der Waals surface area contributed by atoms with E-state index < -0.39 is 0 Å². The highest BCUT2D eigenvalue weighted by atomic mass is 16.5. The first-order valence-electron chi connectivity index (χ1n) is 10.6. The maximum atomic E-state index is 5.71. The van der Waals surface area contributed by atoms with Crippen LogP contribution in [0.1, 0.15) is 43.2 Å². The quantitative estimate of drug-likeness (QED) is 0.814. The van der Waals surface area contributed by atoms with Crippen molar-refractivity contribution in [3.05, 3.63) is 35.4 Å². The van der Waals surface area contributed by atoms with Crippen molar-refractivity contribution in [1.82, 2.24) is 9.80 Å². The van der Waals surface area contributed by atoms with Crippen molar-refractivity contribution in [2.24, 2.45) is 0 Å². The number of piperidine rings is 1. The molecule has 0 aliphatic carbocycles. The Bertz CT molecular complexity index is 614. The number of hydrogen-bond acceptors (Lipinski definition) is 4. The van der Waals surface area contributed by atoms with E-state index in [0.717, 1.165) is 39.0 Å². The molecule has 1 spiro atoms. The Balaban J connectivity index is 1.36. The molecule has 0 aromatic heterocycles. The van der Waals surface area contributed by atoms with E-state index >= 15 is 0 Å². The first-order chi connectivity index (χ1) is 12.8. The number of ether oxygens (including phenoxy) is 2. The molecule has 0 saturated carbocycles. The van der Waals surface area contributed by atoms with Gasteiger partial charge in [-0.25, -0.2) is 0 Å². The zero-order valence-corrected chi connectivity index (χ0v) is 15.9. The Morgan fingerprint density at radius 1 is 0.846 bits per heavy atom. The third-order valence-corrected chi connectivity index (χ3v) is 7.35. The summed E-state index contributed by atoms with van der Waals surface area (Å²) in [5, 5.41) is 0. The van der Waals surface area contributed by atoms with E-state index in [9.17, 15) is 0 Å². The van der Waals surface area contributed by atoms with Crippen molar-refractivity contribution in [2.45, 2.75) is 56.1 Å². The van der Waals surface area contributed by atoms with E-state index in [-0.39, 0.29) is 0 Å². The first-order valence-corrected chi connectivity index (χ1v) is 10.6. The lowest BCUT2D eigenvalue weighted by atomic mass is 9.68. The molecule has 0 unspecified atom stereocenters. The molecular formula is C22H32N2O2. The van der Waals surface area contributed by atoms with Crippen LogP contribution in [0.3, 0.4) is 0 Å². The van der Waals surface area contributed by atoms with Gasteiger partial charge in [0.2, 0.25) is 0 Å². The summed E-state index contributed by atoms with van der Waals surface area (Å²) < 4.78 is 11.3. The summed E-state index contributed by atoms with van der Waals surface area (Å²) in [6.45, 7) is 8.58. The molecule has 0 N–H and O–H groups in total. The molecule has 1 aromatic carbocycles. The van der Waals surface area contributed by atoms with E-state index in [4.69, 9.17) is 9.47 Å². The maximum absolute atomic E-state index is 5.71. The number of likely N-dealkylation sites (tertiary alicyclic amines) is 1. The molecule has 4 heterocycles.